The second kappa shape index (κ2) is 5.63. The van der Waals surface area contributed by atoms with Gasteiger partial charge in [-0.25, -0.2) is 0 Å². The smallest absolute Gasteiger partial charge is 0.119 e. The molecule has 5 rings (SSSR count). The van der Waals surface area contributed by atoms with E-state index in [0.717, 1.165) is 11.4 Å². The van der Waals surface area contributed by atoms with E-state index in [9.17, 15) is 0 Å². The highest BCUT2D eigenvalue weighted by Crippen LogP contribution is 2.38. The molecule has 0 radical (unpaired) electrons. The summed E-state index contributed by atoms with van der Waals surface area (Å²) in [7, 11) is 3.80. The summed E-state index contributed by atoms with van der Waals surface area (Å²) in [5.41, 5.74) is 2.32. The van der Waals surface area contributed by atoms with E-state index in [0.29, 0.717) is 0 Å². The zero-order valence-electron chi connectivity index (χ0n) is 14.9. The van der Waals surface area contributed by atoms with E-state index in [1.165, 1.54) is 38.0 Å². The summed E-state index contributed by atoms with van der Waals surface area (Å²) in [5, 5.41) is 7.88. The molecule has 0 saturated heterocycles. The maximum Gasteiger partial charge on any atom is 0.119 e. The first kappa shape index (κ1) is 15.0. The van der Waals surface area contributed by atoms with Crippen LogP contribution in [0.2, 0.25) is 0 Å². The molecule has 0 aliphatic heterocycles. The molecule has 5 aromatic rings. The van der Waals surface area contributed by atoms with Gasteiger partial charge in [0.2, 0.25) is 0 Å². The van der Waals surface area contributed by atoms with Crippen LogP contribution in [-0.4, -0.2) is 14.2 Å². The van der Waals surface area contributed by atoms with Crippen LogP contribution in [0.1, 0.15) is 0 Å². The predicted octanol–water partition coefficient (Wildman–Crippen LogP) is 6.36. The number of hydrogen-bond acceptors (Lipinski definition) is 2. The number of methoxy groups -OCH3 is 1. The summed E-state index contributed by atoms with van der Waals surface area (Å²) in [6.07, 6.45) is 0. The average Bonchev–Trinajstić information content (AvgIpc) is 2.71. The number of rotatable bonds is 3. The minimum atomic E-state index is 0.873. The summed E-state index contributed by atoms with van der Waals surface area (Å²) in [5.74, 6) is 0.873. The summed E-state index contributed by atoms with van der Waals surface area (Å²) in [6.45, 7) is 0. The Morgan fingerprint density at radius 3 is 1.73 bits per heavy atom. The van der Waals surface area contributed by atoms with E-state index in [4.69, 9.17) is 4.74 Å². The third-order valence-corrected chi connectivity index (χ3v) is 5.29. The third-order valence-electron chi connectivity index (χ3n) is 5.29. The molecule has 5 aromatic carbocycles. The van der Waals surface area contributed by atoms with Gasteiger partial charge in [-0.1, -0.05) is 42.5 Å². The lowest BCUT2D eigenvalue weighted by Crippen LogP contribution is -2.09. The van der Waals surface area contributed by atoms with Gasteiger partial charge in [0.1, 0.15) is 5.75 Å². The first-order valence-corrected chi connectivity index (χ1v) is 8.80. The molecule has 0 atom stereocenters. The maximum atomic E-state index is 5.27. The Morgan fingerprint density at radius 1 is 0.615 bits per heavy atom. The van der Waals surface area contributed by atoms with Crippen LogP contribution in [-0.2, 0) is 0 Å². The molecule has 0 aliphatic carbocycles. The molecule has 0 spiro atoms. The minimum Gasteiger partial charge on any atom is -0.497 e. The number of benzene rings is 5. The molecule has 0 amide bonds. The Hall–Kier alpha value is -3.26. The molecule has 0 fully saturated rings. The van der Waals surface area contributed by atoms with Crippen LogP contribution in [0.15, 0.2) is 78.9 Å². The largest absolute Gasteiger partial charge is 0.497 e. The van der Waals surface area contributed by atoms with Crippen LogP contribution in [0.4, 0.5) is 11.4 Å². The van der Waals surface area contributed by atoms with Crippen LogP contribution >= 0.6 is 0 Å². The van der Waals surface area contributed by atoms with Crippen molar-refractivity contribution in [1.29, 1.82) is 0 Å². The van der Waals surface area contributed by atoms with Crippen LogP contribution in [0.5, 0.6) is 5.75 Å². The van der Waals surface area contributed by atoms with Gasteiger partial charge in [-0.2, -0.15) is 0 Å². The second-order valence-electron chi connectivity index (χ2n) is 6.73. The highest BCUT2D eigenvalue weighted by molar-refractivity contribution is 6.23. The predicted molar refractivity (Wildman–Crippen MR) is 111 cm³/mol. The Morgan fingerprint density at radius 2 is 1.15 bits per heavy atom. The second-order valence-corrected chi connectivity index (χ2v) is 6.73. The van der Waals surface area contributed by atoms with Crippen molar-refractivity contribution in [3.05, 3.63) is 78.9 Å². The topological polar surface area (TPSA) is 12.5 Å². The molecule has 0 bridgehead atoms. The van der Waals surface area contributed by atoms with E-state index in [-0.39, 0.29) is 0 Å². The van der Waals surface area contributed by atoms with E-state index in [1.807, 2.05) is 12.1 Å². The Balaban J connectivity index is 1.71. The van der Waals surface area contributed by atoms with Gasteiger partial charge in [0.25, 0.3) is 0 Å². The van der Waals surface area contributed by atoms with Crippen LogP contribution in [0.25, 0.3) is 32.3 Å². The average molecular weight is 337 g/mol. The highest BCUT2D eigenvalue weighted by Gasteiger charge is 2.11. The Kier molecular flexibility index (Phi) is 3.26. The van der Waals surface area contributed by atoms with Crippen molar-refractivity contribution in [2.45, 2.75) is 0 Å². The highest BCUT2D eigenvalue weighted by atomic mass is 16.5. The van der Waals surface area contributed by atoms with Gasteiger partial charge < -0.3 is 9.64 Å². The first-order chi connectivity index (χ1) is 12.7. The number of ether oxygens (including phenoxy) is 1. The van der Waals surface area contributed by atoms with E-state index >= 15 is 0 Å². The van der Waals surface area contributed by atoms with Crippen molar-refractivity contribution >= 4 is 43.7 Å². The number of nitrogens with zero attached hydrogens (tertiary/aromatic N) is 1. The maximum absolute atomic E-state index is 5.27. The van der Waals surface area contributed by atoms with Gasteiger partial charge in [0.15, 0.2) is 0 Å². The fourth-order valence-corrected chi connectivity index (χ4v) is 3.89. The van der Waals surface area contributed by atoms with Gasteiger partial charge in [-0.05, 0) is 68.7 Å². The lowest BCUT2D eigenvalue weighted by molar-refractivity contribution is 0.415. The van der Waals surface area contributed by atoms with Gasteiger partial charge in [-0.3, -0.25) is 0 Å². The Labute approximate surface area is 152 Å². The first-order valence-electron chi connectivity index (χ1n) is 8.80. The number of hydrogen-bond donors (Lipinski definition) is 0. The fraction of sp³-hybridized carbons (Fsp3) is 0.0833. The fourth-order valence-electron chi connectivity index (χ4n) is 3.89. The molecule has 0 saturated carbocycles. The summed E-state index contributed by atoms with van der Waals surface area (Å²) >= 11 is 0. The van der Waals surface area contributed by atoms with Crippen molar-refractivity contribution in [3.8, 4) is 5.75 Å². The van der Waals surface area contributed by atoms with Crippen LogP contribution in [0, 0.1) is 0 Å². The monoisotopic (exact) mass is 337 g/mol. The number of anilines is 2. The van der Waals surface area contributed by atoms with Crippen LogP contribution in [0.3, 0.4) is 0 Å². The van der Waals surface area contributed by atoms with Gasteiger partial charge in [0, 0.05) is 18.4 Å². The summed E-state index contributed by atoms with van der Waals surface area (Å²) in [4.78, 5) is 2.22. The molecule has 0 aliphatic rings. The standard InChI is InChI=1S/C24H19NO/c1-25(20-10-12-22(26-2)13-11-20)21-14-18-8-6-16-4-3-5-17-7-9-19(15-21)24(18)23(16)17/h3-15H,1-2H3. The lowest BCUT2D eigenvalue weighted by atomic mass is 9.94. The molecular formula is C24H19NO. The molecule has 0 unspecified atom stereocenters. The van der Waals surface area contributed by atoms with Crippen molar-refractivity contribution < 1.29 is 4.74 Å². The molecule has 2 nitrogen and oxygen atoms in total. The normalized spacial score (nSPS) is 11.5. The molecule has 26 heavy (non-hydrogen) atoms. The van der Waals surface area contributed by atoms with Gasteiger partial charge >= 0.3 is 0 Å². The molecule has 2 heteroatoms. The van der Waals surface area contributed by atoms with E-state index < -0.39 is 0 Å². The third kappa shape index (κ3) is 2.19. The summed E-state index contributed by atoms with van der Waals surface area (Å²) in [6, 6.07) is 28.1. The zero-order chi connectivity index (χ0) is 17.7. The van der Waals surface area contributed by atoms with Crippen molar-refractivity contribution in [1.82, 2.24) is 0 Å². The van der Waals surface area contributed by atoms with Gasteiger partial charge in [-0.15, -0.1) is 0 Å². The quantitative estimate of drug-likeness (QED) is 0.355. The SMILES string of the molecule is COc1ccc(N(C)c2cc3ccc4cccc5ccc(c2)c3c45)cc1. The van der Waals surface area contributed by atoms with Crippen molar-refractivity contribution in [2.75, 3.05) is 19.1 Å². The molecular weight excluding hydrogens is 318 g/mol. The molecule has 0 aromatic heterocycles. The van der Waals surface area contributed by atoms with E-state index in [2.05, 4.69) is 78.7 Å². The summed E-state index contributed by atoms with van der Waals surface area (Å²) < 4.78 is 5.27. The molecule has 126 valence electrons. The zero-order valence-corrected chi connectivity index (χ0v) is 14.9. The molecule has 0 heterocycles. The van der Waals surface area contributed by atoms with Crippen molar-refractivity contribution in [3.63, 3.8) is 0 Å². The lowest BCUT2D eigenvalue weighted by Gasteiger charge is -2.22. The van der Waals surface area contributed by atoms with Crippen molar-refractivity contribution in [2.24, 2.45) is 0 Å². The minimum absolute atomic E-state index is 0.873. The van der Waals surface area contributed by atoms with Crippen LogP contribution < -0.4 is 9.64 Å². The Bertz CT molecular complexity index is 1160. The van der Waals surface area contributed by atoms with Gasteiger partial charge in [0.05, 0.1) is 7.11 Å². The molecule has 0 N–H and O–H groups in total. The van der Waals surface area contributed by atoms with E-state index in [1.54, 1.807) is 7.11 Å².